The summed E-state index contributed by atoms with van der Waals surface area (Å²) in [5.41, 5.74) is 2.67. The summed E-state index contributed by atoms with van der Waals surface area (Å²) in [5, 5.41) is 2.80. The zero-order chi connectivity index (χ0) is 27.4. The molecule has 1 aliphatic heterocycles. The van der Waals surface area contributed by atoms with E-state index in [1.165, 1.54) is 35.2 Å². The van der Waals surface area contributed by atoms with Gasteiger partial charge in [-0.05, 0) is 61.7 Å². The number of amides is 2. The van der Waals surface area contributed by atoms with Crippen LogP contribution in [0.4, 0.5) is 14.7 Å². The maximum Gasteiger partial charge on any atom is 0.254 e. The topological polar surface area (TPSA) is 76.5 Å². The van der Waals surface area contributed by atoms with Crippen LogP contribution in [0.5, 0.6) is 0 Å². The summed E-state index contributed by atoms with van der Waals surface area (Å²) in [7, 11) is 0. The van der Waals surface area contributed by atoms with Gasteiger partial charge < -0.3 is 9.64 Å². The summed E-state index contributed by atoms with van der Waals surface area (Å²) in [6.07, 6.45) is 3.19. The van der Waals surface area contributed by atoms with Crippen LogP contribution >= 0.6 is 0 Å². The van der Waals surface area contributed by atoms with Gasteiger partial charge in [0.1, 0.15) is 18.2 Å². The summed E-state index contributed by atoms with van der Waals surface area (Å²) in [5.74, 6) is -1.54. The first-order chi connectivity index (χ1) is 18.9. The number of anilines is 1. The van der Waals surface area contributed by atoms with Crippen molar-refractivity contribution in [2.45, 2.75) is 25.9 Å². The van der Waals surface area contributed by atoms with E-state index in [-0.39, 0.29) is 36.5 Å². The average Bonchev–Trinajstić information content (AvgIpc) is 3.61. The lowest BCUT2D eigenvalue weighted by Gasteiger charge is -2.25. The molecule has 1 fully saturated rings. The number of nitrogens with one attached hydrogen (secondary N) is 1. The maximum absolute atomic E-state index is 14.4. The number of carbonyl (C=O) groups excluding carboxylic acids is 2. The Kier molecular flexibility index (Phi) is 7.79. The molecule has 0 spiro atoms. The van der Waals surface area contributed by atoms with Crippen molar-refractivity contribution >= 4 is 17.8 Å². The minimum Gasteiger partial charge on any atom is -0.376 e. The molecule has 39 heavy (non-hydrogen) atoms. The lowest BCUT2D eigenvalue weighted by Crippen LogP contribution is -2.42. The molecule has 200 valence electrons. The highest BCUT2D eigenvalue weighted by Gasteiger charge is 2.26. The first-order valence-electron chi connectivity index (χ1n) is 12.7. The molecule has 1 saturated heterocycles. The highest BCUT2D eigenvalue weighted by atomic mass is 19.1. The van der Waals surface area contributed by atoms with Crippen molar-refractivity contribution in [3.8, 4) is 16.9 Å². The van der Waals surface area contributed by atoms with Crippen LogP contribution in [0.1, 0.15) is 28.8 Å². The minimum atomic E-state index is -0.484. The number of halogens is 2. The number of rotatable bonds is 8. The zero-order valence-electron chi connectivity index (χ0n) is 21.4. The lowest BCUT2D eigenvalue weighted by atomic mass is 10.1. The molecule has 5 rings (SSSR count). The van der Waals surface area contributed by atoms with Crippen LogP contribution in [-0.2, 0) is 9.53 Å². The van der Waals surface area contributed by atoms with Gasteiger partial charge in [0.2, 0.25) is 11.9 Å². The fourth-order valence-corrected chi connectivity index (χ4v) is 4.51. The third kappa shape index (κ3) is 6.21. The fourth-order valence-electron chi connectivity index (χ4n) is 4.51. The Morgan fingerprint density at radius 3 is 2.54 bits per heavy atom. The standard InChI is InChI=1S/C30H28F2N4O3/c1-20-9-14-24(16-26(20)32)36-18-27(21-6-3-2-4-7-21)33-30(36)34-28(37)19-35(17-25-8-5-15-39-25)29(38)22-10-12-23(31)13-11-22/h2-4,6-7,9-14,16,18,25H,5,8,15,17,19H2,1H3,(H,33,34,37)/t25-/m0/s1. The second-order valence-corrected chi connectivity index (χ2v) is 9.50. The van der Waals surface area contributed by atoms with E-state index >= 15 is 0 Å². The third-order valence-corrected chi connectivity index (χ3v) is 6.62. The Hall–Kier alpha value is -4.37. The van der Waals surface area contributed by atoms with E-state index in [2.05, 4.69) is 10.3 Å². The summed E-state index contributed by atoms with van der Waals surface area (Å²) in [6.45, 7) is 2.22. The Labute approximate surface area is 225 Å². The first kappa shape index (κ1) is 26.2. The second kappa shape index (κ2) is 11.6. The van der Waals surface area contributed by atoms with E-state index in [0.29, 0.717) is 23.6 Å². The molecular formula is C30H28F2N4O3. The Bertz CT molecular complexity index is 1470. The summed E-state index contributed by atoms with van der Waals surface area (Å²) >= 11 is 0. The predicted molar refractivity (Wildman–Crippen MR) is 144 cm³/mol. The van der Waals surface area contributed by atoms with Gasteiger partial charge in [-0.3, -0.25) is 19.5 Å². The smallest absolute Gasteiger partial charge is 0.254 e. The van der Waals surface area contributed by atoms with Gasteiger partial charge in [-0.2, -0.15) is 0 Å². The van der Waals surface area contributed by atoms with Gasteiger partial charge in [0.25, 0.3) is 5.91 Å². The van der Waals surface area contributed by atoms with E-state index < -0.39 is 17.6 Å². The van der Waals surface area contributed by atoms with Crippen LogP contribution in [0, 0.1) is 18.6 Å². The molecule has 0 aliphatic carbocycles. The second-order valence-electron chi connectivity index (χ2n) is 9.50. The van der Waals surface area contributed by atoms with Crippen molar-refractivity contribution in [1.29, 1.82) is 0 Å². The van der Waals surface area contributed by atoms with E-state index in [1.54, 1.807) is 29.8 Å². The molecule has 2 heterocycles. The van der Waals surface area contributed by atoms with E-state index in [0.717, 1.165) is 18.4 Å². The average molecular weight is 531 g/mol. The van der Waals surface area contributed by atoms with Crippen LogP contribution in [0.15, 0.2) is 79.0 Å². The van der Waals surface area contributed by atoms with E-state index in [4.69, 9.17) is 4.74 Å². The largest absolute Gasteiger partial charge is 0.376 e. The van der Waals surface area contributed by atoms with Gasteiger partial charge in [-0.25, -0.2) is 13.8 Å². The van der Waals surface area contributed by atoms with Crippen molar-refractivity contribution in [3.05, 3.63) is 102 Å². The van der Waals surface area contributed by atoms with Gasteiger partial charge in [0, 0.05) is 30.5 Å². The lowest BCUT2D eigenvalue weighted by molar-refractivity contribution is -0.117. The maximum atomic E-state index is 14.4. The van der Waals surface area contributed by atoms with Crippen LogP contribution in [0.3, 0.4) is 0 Å². The van der Waals surface area contributed by atoms with E-state index in [1.807, 2.05) is 30.3 Å². The van der Waals surface area contributed by atoms with Gasteiger partial charge in [-0.1, -0.05) is 36.4 Å². The van der Waals surface area contributed by atoms with Crippen molar-refractivity contribution in [3.63, 3.8) is 0 Å². The number of ether oxygens (including phenoxy) is 1. The molecule has 2 amide bonds. The SMILES string of the molecule is Cc1ccc(-n2cc(-c3ccccc3)nc2NC(=O)CN(C[C@@H]2CCCO2)C(=O)c2ccc(F)cc2)cc1F. The molecule has 0 radical (unpaired) electrons. The first-order valence-corrected chi connectivity index (χ1v) is 12.7. The summed E-state index contributed by atoms with van der Waals surface area (Å²) in [4.78, 5) is 32.6. The molecule has 9 heteroatoms. The molecule has 0 saturated carbocycles. The van der Waals surface area contributed by atoms with Gasteiger partial charge >= 0.3 is 0 Å². The minimum absolute atomic E-state index is 0.188. The monoisotopic (exact) mass is 530 g/mol. The molecular weight excluding hydrogens is 502 g/mol. The Morgan fingerprint density at radius 2 is 1.85 bits per heavy atom. The predicted octanol–water partition coefficient (Wildman–Crippen LogP) is 5.39. The molecule has 4 aromatic rings. The molecule has 7 nitrogen and oxygen atoms in total. The molecule has 1 aliphatic rings. The fraction of sp³-hybridized carbons (Fsp3) is 0.233. The quantitative estimate of drug-likeness (QED) is 0.332. The van der Waals surface area contributed by atoms with Crippen molar-refractivity contribution < 1.29 is 23.1 Å². The summed E-state index contributed by atoms with van der Waals surface area (Å²) in [6, 6.07) is 19.4. The van der Waals surface area contributed by atoms with Crippen molar-refractivity contribution in [1.82, 2.24) is 14.5 Å². The van der Waals surface area contributed by atoms with Gasteiger partial charge in [0.15, 0.2) is 0 Å². The van der Waals surface area contributed by atoms with Gasteiger partial charge in [0.05, 0.1) is 17.5 Å². The number of aromatic nitrogens is 2. The number of hydrogen-bond donors (Lipinski definition) is 1. The number of benzene rings is 3. The number of imidazole rings is 1. The Balaban J connectivity index is 1.42. The number of hydrogen-bond acceptors (Lipinski definition) is 4. The normalized spacial score (nSPS) is 14.8. The summed E-state index contributed by atoms with van der Waals surface area (Å²) < 4.78 is 35.2. The molecule has 0 bridgehead atoms. The zero-order valence-corrected chi connectivity index (χ0v) is 21.4. The number of nitrogens with zero attached hydrogens (tertiary/aromatic N) is 3. The third-order valence-electron chi connectivity index (χ3n) is 6.62. The molecule has 1 aromatic heterocycles. The van der Waals surface area contributed by atoms with Crippen LogP contribution in [-0.4, -0.2) is 52.1 Å². The molecule has 3 aromatic carbocycles. The molecule has 0 unspecified atom stereocenters. The van der Waals surface area contributed by atoms with Crippen LogP contribution in [0.2, 0.25) is 0 Å². The van der Waals surface area contributed by atoms with Gasteiger partial charge in [-0.15, -0.1) is 0 Å². The van der Waals surface area contributed by atoms with Crippen molar-refractivity contribution in [2.24, 2.45) is 0 Å². The molecule has 1 N–H and O–H groups in total. The highest BCUT2D eigenvalue weighted by molar-refractivity contribution is 5.99. The Morgan fingerprint density at radius 1 is 1.08 bits per heavy atom. The highest BCUT2D eigenvalue weighted by Crippen LogP contribution is 2.25. The number of carbonyl (C=O) groups is 2. The molecule has 1 atom stereocenters. The van der Waals surface area contributed by atoms with Crippen molar-refractivity contribution in [2.75, 3.05) is 25.0 Å². The number of aryl methyl sites for hydroxylation is 1. The van der Waals surface area contributed by atoms with Crippen LogP contribution < -0.4 is 5.32 Å². The van der Waals surface area contributed by atoms with Crippen LogP contribution in [0.25, 0.3) is 16.9 Å². The van der Waals surface area contributed by atoms with E-state index in [9.17, 15) is 18.4 Å².